The van der Waals surface area contributed by atoms with Gasteiger partial charge in [-0.2, -0.15) is 5.06 Å². The van der Waals surface area contributed by atoms with Crippen molar-refractivity contribution in [2.45, 2.75) is 33.7 Å². The molecule has 1 aliphatic heterocycles. The minimum Gasteiger partial charge on any atom is -0.351 e. The quantitative estimate of drug-likeness (QED) is 0.593. The van der Waals surface area contributed by atoms with Crippen LogP contribution in [0, 0.1) is 0 Å². The number of hydrogen-bond donors (Lipinski definition) is 1. The minimum atomic E-state index is 0.0519. The van der Waals surface area contributed by atoms with E-state index in [0.717, 1.165) is 6.54 Å². The predicted octanol–water partition coefficient (Wildman–Crippen LogP) is 2.14. The zero-order valence-electron chi connectivity index (χ0n) is 11.5. The number of nitrogens with zero attached hydrogens (tertiary/aromatic N) is 1. The molecular weight excluding hydrogens is 216 g/mol. The lowest BCUT2D eigenvalue weighted by Crippen LogP contribution is -2.42. The highest BCUT2D eigenvalue weighted by atomic mass is 16.7. The van der Waals surface area contributed by atoms with Gasteiger partial charge in [0.1, 0.15) is 0 Å². The Morgan fingerprint density at radius 1 is 1.47 bits per heavy atom. The molecular formula is C13H26N2O2. The molecule has 0 fully saturated rings. The maximum atomic E-state index is 10.2. The number of rotatable bonds is 5. The first-order valence-electron chi connectivity index (χ1n) is 6.22. The monoisotopic (exact) mass is 242 g/mol. The molecule has 0 aromatic rings. The van der Waals surface area contributed by atoms with Gasteiger partial charge in [0.25, 0.3) is 0 Å². The van der Waals surface area contributed by atoms with Gasteiger partial charge in [0, 0.05) is 13.1 Å². The van der Waals surface area contributed by atoms with Gasteiger partial charge in [-0.1, -0.05) is 45.9 Å². The van der Waals surface area contributed by atoms with Crippen molar-refractivity contribution in [3.05, 3.63) is 24.8 Å². The van der Waals surface area contributed by atoms with Crippen LogP contribution in [0.3, 0.4) is 0 Å². The summed E-state index contributed by atoms with van der Waals surface area (Å²) in [5.74, 6) is 0. The Labute approximate surface area is 105 Å². The van der Waals surface area contributed by atoms with E-state index in [1.54, 1.807) is 11.1 Å². The van der Waals surface area contributed by atoms with E-state index in [-0.39, 0.29) is 6.04 Å². The molecule has 0 aromatic carbocycles. The fraction of sp³-hybridized carbons (Fsp3) is 0.615. The zero-order valence-corrected chi connectivity index (χ0v) is 11.5. The van der Waals surface area contributed by atoms with Crippen LogP contribution in [0.15, 0.2) is 24.8 Å². The van der Waals surface area contributed by atoms with Gasteiger partial charge in [-0.25, -0.2) is 0 Å². The summed E-state index contributed by atoms with van der Waals surface area (Å²) in [5.41, 5.74) is 0. The van der Waals surface area contributed by atoms with Crippen LogP contribution in [0.2, 0.25) is 0 Å². The molecule has 1 heterocycles. The van der Waals surface area contributed by atoms with Crippen molar-refractivity contribution in [1.29, 1.82) is 0 Å². The summed E-state index contributed by atoms with van der Waals surface area (Å²) in [5, 5.41) is 4.47. The molecule has 1 unspecified atom stereocenters. The fourth-order valence-electron chi connectivity index (χ4n) is 1.16. The molecule has 0 spiro atoms. The van der Waals surface area contributed by atoms with Crippen molar-refractivity contribution >= 4 is 6.41 Å². The summed E-state index contributed by atoms with van der Waals surface area (Å²) < 4.78 is 0. The van der Waals surface area contributed by atoms with Gasteiger partial charge >= 0.3 is 0 Å². The molecule has 1 aliphatic rings. The van der Waals surface area contributed by atoms with Crippen LogP contribution in [-0.2, 0) is 9.63 Å². The zero-order chi connectivity index (χ0) is 13.5. The van der Waals surface area contributed by atoms with Crippen molar-refractivity contribution in [3.8, 4) is 0 Å². The van der Waals surface area contributed by atoms with E-state index in [1.807, 2.05) is 39.8 Å². The number of nitrogens with one attached hydrogen (secondary N) is 1. The number of hydrogen-bond acceptors (Lipinski definition) is 3. The predicted molar refractivity (Wildman–Crippen MR) is 72.5 cm³/mol. The third-order valence-electron chi connectivity index (χ3n) is 1.73. The van der Waals surface area contributed by atoms with Gasteiger partial charge in [0.15, 0.2) is 0 Å². The van der Waals surface area contributed by atoms with E-state index in [2.05, 4.69) is 11.9 Å². The van der Waals surface area contributed by atoms with Gasteiger partial charge in [-0.3, -0.25) is 9.63 Å². The highest BCUT2D eigenvalue weighted by molar-refractivity contribution is 5.47. The molecule has 0 saturated carbocycles. The Bertz CT molecular complexity index is 206. The van der Waals surface area contributed by atoms with E-state index in [0.29, 0.717) is 19.6 Å². The van der Waals surface area contributed by atoms with E-state index >= 15 is 0 Å². The molecule has 1 amide bonds. The van der Waals surface area contributed by atoms with E-state index < -0.39 is 0 Å². The Morgan fingerprint density at radius 3 is 2.65 bits per heavy atom. The lowest BCUT2D eigenvalue weighted by atomic mass is 10.2. The molecule has 1 N–H and O–H groups in total. The third-order valence-corrected chi connectivity index (χ3v) is 1.73. The first-order chi connectivity index (χ1) is 8.36. The summed E-state index contributed by atoms with van der Waals surface area (Å²) in [6.45, 7) is 13.5. The number of carbonyl (C=O) groups excluding carboxylic acids is 1. The molecule has 4 nitrogen and oxygen atoms in total. The normalized spacial score (nSPS) is 18.0. The third kappa shape index (κ3) is 9.78. The standard InChI is InChI=1S/C9H14N2O2.2C2H6/c1-2-6-13-11-5-3-4-9(7-11)10-8-12;2*1-2/h2-4,8-9H,1,5-7H2,(H,10,12);2*1-2H3. The second-order valence-corrected chi connectivity index (χ2v) is 2.75. The van der Waals surface area contributed by atoms with E-state index in [4.69, 9.17) is 4.84 Å². The molecule has 0 aliphatic carbocycles. The summed E-state index contributed by atoms with van der Waals surface area (Å²) in [6.07, 6.45) is 6.32. The maximum Gasteiger partial charge on any atom is 0.207 e. The molecule has 1 rings (SSSR count). The first-order valence-corrected chi connectivity index (χ1v) is 6.22. The van der Waals surface area contributed by atoms with Gasteiger partial charge < -0.3 is 5.32 Å². The second kappa shape index (κ2) is 14.9. The van der Waals surface area contributed by atoms with Crippen LogP contribution < -0.4 is 5.32 Å². The van der Waals surface area contributed by atoms with Crippen molar-refractivity contribution in [1.82, 2.24) is 10.4 Å². The summed E-state index contributed by atoms with van der Waals surface area (Å²) in [4.78, 5) is 15.5. The van der Waals surface area contributed by atoms with Crippen molar-refractivity contribution in [2.24, 2.45) is 0 Å². The topological polar surface area (TPSA) is 41.6 Å². The van der Waals surface area contributed by atoms with Crippen LogP contribution in [0.1, 0.15) is 27.7 Å². The molecule has 1 atom stereocenters. The summed E-state index contributed by atoms with van der Waals surface area (Å²) in [6, 6.07) is 0.0519. The second-order valence-electron chi connectivity index (χ2n) is 2.75. The molecule has 0 radical (unpaired) electrons. The van der Waals surface area contributed by atoms with Gasteiger partial charge in [0.2, 0.25) is 6.41 Å². The van der Waals surface area contributed by atoms with Gasteiger partial charge in [-0.05, 0) is 0 Å². The first kappa shape index (κ1) is 18.2. The number of hydroxylamine groups is 2. The summed E-state index contributed by atoms with van der Waals surface area (Å²) >= 11 is 0. The highest BCUT2D eigenvalue weighted by Gasteiger charge is 2.14. The lowest BCUT2D eigenvalue weighted by molar-refractivity contribution is -0.145. The van der Waals surface area contributed by atoms with Crippen LogP contribution in [0.5, 0.6) is 0 Å². The fourth-order valence-corrected chi connectivity index (χ4v) is 1.16. The number of amides is 1. The van der Waals surface area contributed by atoms with Crippen molar-refractivity contribution in [2.75, 3.05) is 19.7 Å². The molecule has 100 valence electrons. The van der Waals surface area contributed by atoms with E-state index in [9.17, 15) is 4.79 Å². The SMILES string of the molecule is C=CCON1CC=CC(NC=O)C1.CC.CC. The average molecular weight is 242 g/mol. The Kier molecular flexibility index (Phi) is 16.0. The molecule has 0 aromatic heterocycles. The van der Waals surface area contributed by atoms with Gasteiger partial charge in [-0.15, -0.1) is 6.58 Å². The van der Waals surface area contributed by atoms with Crippen LogP contribution >= 0.6 is 0 Å². The molecule has 17 heavy (non-hydrogen) atoms. The lowest BCUT2D eigenvalue weighted by Gasteiger charge is -2.26. The smallest absolute Gasteiger partial charge is 0.207 e. The maximum absolute atomic E-state index is 10.2. The minimum absolute atomic E-state index is 0.0519. The molecule has 4 heteroatoms. The van der Waals surface area contributed by atoms with E-state index in [1.165, 1.54) is 0 Å². The summed E-state index contributed by atoms with van der Waals surface area (Å²) in [7, 11) is 0. The van der Waals surface area contributed by atoms with Crippen molar-refractivity contribution in [3.63, 3.8) is 0 Å². The Balaban J connectivity index is 0. The van der Waals surface area contributed by atoms with Crippen LogP contribution in [0.4, 0.5) is 0 Å². The highest BCUT2D eigenvalue weighted by Crippen LogP contribution is 2.02. The van der Waals surface area contributed by atoms with Crippen molar-refractivity contribution < 1.29 is 9.63 Å². The number of carbonyl (C=O) groups is 1. The Hall–Kier alpha value is -1.13. The largest absolute Gasteiger partial charge is 0.351 e. The molecule has 0 saturated heterocycles. The van der Waals surface area contributed by atoms with Gasteiger partial charge in [0.05, 0.1) is 12.6 Å². The van der Waals surface area contributed by atoms with Crippen LogP contribution in [-0.4, -0.2) is 37.2 Å². The van der Waals surface area contributed by atoms with Crippen LogP contribution in [0.25, 0.3) is 0 Å². The molecule has 0 bridgehead atoms. The Morgan fingerprint density at radius 2 is 2.12 bits per heavy atom. The average Bonchev–Trinajstić information content (AvgIpc) is 2.42.